The van der Waals surface area contributed by atoms with E-state index in [-0.39, 0.29) is 42.6 Å². The van der Waals surface area contributed by atoms with E-state index in [0.717, 1.165) is 12.8 Å². The van der Waals surface area contributed by atoms with Gasteiger partial charge in [0.15, 0.2) is 0 Å². The van der Waals surface area contributed by atoms with Crippen molar-refractivity contribution in [3.63, 3.8) is 0 Å². The van der Waals surface area contributed by atoms with Crippen molar-refractivity contribution in [1.29, 1.82) is 0 Å². The Labute approximate surface area is 171 Å². The van der Waals surface area contributed by atoms with Crippen LogP contribution in [0.15, 0.2) is 24.3 Å². The summed E-state index contributed by atoms with van der Waals surface area (Å²) in [5.41, 5.74) is 0.862. The minimum atomic E-state index is -0.288. The maximum atomic E-state index is 12.3. The maximum absolute atomic E-state index is 12.3. The number of rotatable bonds is 7. The molecule has 0 aromatic heterocycles. The molecule has 1 aromatic rings. The van der Waals surface area contributed by atoms with E-state index in [9.17, 15) is 19.2 Å². The Bertz CT molecular complexity index is 762. The highest BCUT2D eigenvalue weighted by atomic mass is 16.2. The second-order valence-electron chi connectivity index (χ2n) is 8.23. The Kier molecular flexibility index (Phi) is 6.67. The number of nitrogens with zero attached hydrogens (tertiary/aromatic N) is 2. The molecule has 29 heavy (non-hydrogen) atoms. The lowest BCUT2D eigenvalue weighted by molar-refractivity contribution is -0.133. The van der Waals surface area contributed by atoms with Gasteiger partial charge in [0.2, 0.25) is 11.8 Å². The predicted octanol–water partition coefficient (Wildman–Crippen LogP) is 2.22. The molecule has 0 unspecified atom stereocenters. The molecule has 3 rings (SSSR count). The van der Waals surface area contributed by atoms with Crippen LogP contribution in [0.3, 0.4) is 0 Å². The van der Waals surface area contributed by atoms with Crippen LogP contribution in [-0.4, -0.2) is 59.1 Å². The molecule has 0 bridgehead atoms. The van der Waals surface area contributed by atoms with Crippen molar-refractivity contribution in [3.05, 3.63) is 35.4 Å². The molecule has 1 saturated heterocycles. The van der Waals surface area contributed by atoms with Crippen molar-refractivity contribution < 1.29 is 19.2 Å². The van der Waals surface area contributed by atoms with E-state index in [2.05, 4.69) is 5.32 Å². The fraction of sp³-hybridized carbons (Fsp3) is 0.545. The van der Waals surface area contributed by atoms with E-state index >= 15 is 0 Å². The molecule has 1 fully saturated rings. The number of carbonyl (C=O) groups excluding carboxylic acids is 4. The standard InChI is InChI=1S/C22H29N3O4/c1-15(2)14-20(27)24-12-9-16(10-13-24)23-19(26)8-5-11-25-21(28)17-6-3-4-7-18(17)22(25)29/h3-4,6-7,15-16H,5,8-14H2,1-2H3,(H,23,26). The number of fused-ring (bicyclic) bond motifs is 1. The maximum Gasteiger partial charge on any atom is 0.261 e. The fourth-order valence-electron chi connectivity index (χ4n) is 3.89. The normalized spacial score (nSPS) is 17.1. The third-order valence-corrected chi connectivity index (χ3v) is 5.46. The lowest BCUT2D eigenvalue weighted by Crippen LogP contribution is -2.46. The summed E-state index contributed by atoms with van der Waals surface area (Å²) in [4.78, 5) is 52.1. The molecule has 2 heterocycles. The van der Waals surface area contributed by atoms with E-state index in [4.69, 9.17) is 0 Å². The topological polar surface area (TPSA) is 86.8 Å². The first-order valence-electron chi connectivity index (χ1n) is 10.4. The van der Waals surface area contributed by atoms with Gasteiger partial charge < -0.3 is 10.2 Å². The Hall–Kier alpha value is -2.70. The average Bonchev–Trinajstić information content (AvgIpc) is 2.93. The van der Waals surface area contributed by atoms with Crippen LogP contribution in [0.1, 0.15) is 66.7 Å². The van der Waals surface area contributed by atoms with Gasteiger partial charge in [-0.05, 0) is 37.3 Å². The summed E-state index contributed by atoms with van der Waals surface area (Å²) in [5.74, 6) is -0.115. The predicted molar refractivity (Wildman–Crippen MR) is 108 cm³/mol. The fourth-order valence-corrected chi connectivity index (χ4v) is 3.89. The van der Waals surface area contributed by atoms with Crippen molar-refractivity contribution in [2.45, 2.75) is 52.0 Å². The van der Waals surface area contributed by atoms with Crippen molar-refractivity contribution in [3.8, 4) is 0 Å². The first-order chi connectivity index (χ1) is 13.9. The molecule has 7 heteroatoms. The van der Waals surface area contributed by atoms with Crippen LogP contribution >= 0.6 is 0 Å². The number of piperidine rings is 1. The zero-order chi connectivity index (χ0) is 21.0. The molecule has 1 N–H and O–H groups in total. The van der Waals surface area contributed by atoms with Gasteiger partial charge in [0.25, 0.3) is 11.8 Å². The van der Waals surface area contributed by atoms with Crippen molar-refractivity contribution in [1.82, 2.24) is 15.1 Å². The number of carbonyl (C=O) groups is 4. The largest absolute Gasteiger partial charge is 0.353 e. The zero-order valence-electron chi connectivity index (χ0n) is 17.1. The van der Waals surface area contributed by atoms with Crippen LogP contribution < -0.4 is 5.32 Å². The highest BCUT2D eigenvalue weighted by molar-refractivity contribution is 6.21. The Morgan fingerprint density at radius 2 is 1.66 bits per heavy atom. The third-order valence-electron chi connectivity index (χ3n) is 5.46. The van der Waals surface area contributed by atoms with Crippen LogP contribution in [0.4, 0.5) is 0 Å². The number of nitrogens with one attached hydrogen (secondary N) is 1. The van der Waals surface area contributed by atoms with Crippen LogP contribution in [0.25, 0.3) is 0 Å². The molecule has 0 aliphatic carbocycles. The molecular formula is C22H29N3O4. The van der Waals surface area contributed by atoms with Gasteiger partial charge in [0, 0.05) is 38.5 Å². The number of hydrogen-bond acceptors (Lipinski definition) is 4. The molecule has 0 saturated carbocycles. The lowest BCUT2D eigenvalue weighted by atomic mass is 10.0. The van der Waals surface area contributed by atoms with E-state index in [0.29, 0.717) is 43.0 Å². The minimum absolute atomic E-state index is 0.0740. The van der Waals surface area contributed by atoms with Gasteiger partial charge in [-0.1, -0.05) is 26.0 Å². The highest BCUT2D eigenvalue weighted by Crippen LogP contribution is 2.22. The minimum Gasteiger partial charge on any atom is -0.353 e. The van der Waals surface area contributed by atoms with Crippen LogP contribution in [0.5, 0.6) is 0 Å². The summed E-state index contributed by atoms with van der Waals surface area (Å²) in [5, 5.41) is 3.02. The van der Waals surface area contributed by atoms with E-state index < -0.39 is 0 Å². The van der Waals surface area contributed by atoms with Gasteiger partial charge in [-0.3, -0.25) is 24.1 Å². The van der Waals surface area contributed by atoms with E-state index in [1.807, 2.05) is 18.7 Å². The second kappa shape index (κ2) is 9.20. The van der Waals surface area contributed by atoms with Gasteiger partial charge in [-0.2, -0.15) is 0 Å². The number of amides is 4. The number of likely N-dealkylation sites (tertiary alicyclic amines) is 1. The van der Waals surface area contributed by atoms with Crippen LogP contribution in [0, 0.1) is 5.92 Å². The van der Waals surface area contributed by atoms with Crippen molar-refractivity contribution >= 4 is 23.6 Å². The van der Waals surface area contributed by atoms with Crippen LogP contribution in [0.2, 0.25) is 0 Å². The van der Waals surface area contributed by atoms with Crippen LogP contribution in [-0.2, 0) is 9.59 Å². The Balaban J connectivity index is 1.38. The summed E-state index contributed by atoms with van der Waals surface area (Å²) in [6.45, 7) is 5.65. The van der Waals surface area contributed by atoms with Gasteiger partial charge in [0.05, 0.1) is 11.1 Å². The molecule has 4 amide bonds. The highest BCUT2D eigenvalue weighted by Gasteiger charge is 2.34. The molecule has 2 aliphatic rings. The number of imide groups is 1. The summed E-state index contributed by atoms with van der Waals surface area (Å²) in [6.07, 6.45) is 2.78. The SMILES string of the molecule is CC(C)CC(=O)N1CCC(NC(=O)CCCN2C(=O)c3ccccc3C2=O)CC1. The van der Waals surface area contributed by atoms with Gasteiger partial charge in [-0.15, -0.1) is 0 Å². The van der Waals surface area contributed by atoms with E-state index in [1.165, 1.54) is 4.90 Å². The quantitative estimate of drug-likeness (QED) is 0.712. The first kappa shape index (κ1) is 21.0. The molecule has 7 nitrogen and oxygen atoms in total. The summed E-state index contributed by atoms with van der Waals surface area (Å²) >= 11 is 0. The van der Waals surface area contributed by atoms with Crippen molar-refractivity contribution in [2.75, 3.05) is 19.6 Å². The van der Waals surface area contributed by atoms with Crippen molar-refractivity contribution in [2.24, 2.45) is 5.92 Å². The summed E-state index contributed by atoms with van der Waals surface area (Å²) in [6, 6.07) is 6.86. The Morgan fingerprint density at radius 1 is 1.07 bits per heavy atom. The third kappa shape index (κ3) is 5.02. The zero-order valence-corrected chi connectivity index (χ0v) is 17.1. The lowest BCUT2D eigenvalue weighted by Gasteiger charge is -2.33. The molecule has 0 atom stereocenters. The molecule has 156 valence electrons. The molecule has 2 aliphatic heterocycles. The summed E-state index contributed by atoms with van der Waals surface area (Å²) in [7, 11) is 0. The van der Waals surface area contributed by atoms with Gasteiger partial charge >= 0.3 is 0 Å². The Morgan fingerprint density at radius 3 is 2.21 bits per heavy atom. The second-order valence-corrected chi connectivity index (χ2v) is 8.23. The van der Waals surface area contributed by atoms with Gasteiger partial charge in [-0.25, -0.2) is 0 Å². The molecular weight excluding hydrogens is 370 g/mol. The summed E-state index contributed by atoms with van der Waals surface area (Å²) < 4.78 is 0. The van der Waals surface area contributed by atoms with E-state index in [1.54, 1.807) is 24.3 Å². The number of benzene rings is 1. The molecule has 0 radical (unpaired) electrons. The number of hydrogen-bond donors (Lipinski definition) is 1. The monoisotopic (exact) mass is 399 g/mol. The molecule has 0 spiro atoms. The average molecular weight is 399 g/mol. The first-order valence-corrected chi connectivity index (χ1v) is 10.4. The van der Waals surface area contributed by atoms with Gasteiger partial charge in [0.1, 0.15) is 0 Å². The molecule has 1 aromatic carbocycles. The smallest absolute Gasteiger partial charge is 0.261 e.